The fourth-order valence-corrected chi connectivity index (χ4v) is 2.65. The summed E-state index contributed by atoms with van der Waals surface area (Å²) >= 11 is 0. The van der Waals surface area contributed by atoms with E-state index in [2.05, 4.69) is 32.6 Å². The predicted octanol–water partition coefficient (Wildman–Crippen LogP) is 3.05. The van der Waals surface area contributed by atoms with Crippen molar-refractivity contribution in [1.82, 2.24) is 4.90 Å². The van der Waals surface area contributed by atoms with Gasteiger partial charge in [-0.25, -0.2) is 0 Å². The van der Waals surface area contributed by atoms with E-state index in [0.717, 1.165) is 18.1 Å². The fraction of sp³-hybridized carbons (Fsp3) is 1.00. The number of rotatable bonds is 2. The molecule has 72 valence electrons. The molecule has 0 spiro atoms. The van der Waals surface area contributed by atoms with E-state index in [0.29, 0.717) is 0 Å². The summed E-state index contributed by atoms with van der Waals surface area (Å²) in [5, 5.41) is 0. The highest BCUT2D eigenvalue weighted by Gasteiger charge is 2.27. The van der Waals surface area contributed by atoms with Crippen LogP contribution in [0.3, 0.4) is 0 Å². The second-order valence-electron chi connectivity index (χ2n) is 4.38. The van der Waals surface area contributed by atoms with Crippen LogP contribution in [-0.2, 0) is 0 Å². The largest absolute Gasteiger partial charge is 0.295 e. The number of nitrogens with zero attached hydrogens (tertiary/aromatic N) is 1. The maximum absolute atomic E-state index is 2.70. The first kappa shape index (κ1) is 10.0. The van der Waals surface area contributed by atoms with Crippen molar-refractivity contribution in [2.75, 3.05) is 0 Å². The maximum atomic E-state index is 2.70. The lowest BCUT2D eigenvalue weighted by molar-refractivity contribution is 0.0585. The molecule has 1 aliphatic heterocycles. The zero-order chi connectivity index (χ0) is 9.14. The van der Waals surface area contributed by atoms with E-state index in [-0.39, 0.29) is 0 Å². The highest BCUT2D eigenvalue weighted by Crippen LogP contribution is 2.26. The van der Waals surface area contributed by atoms with Crippen LogP contribution in [0.15, 0.2) is 0 Å². The van der Waals surface area contributed by atoms with Crippen LogP contribution in [0.5, 0.6) is 0 Å². The normalized spacial score (nSPS) is 32.8. The van der Waals surface area contributed by atoms with E-state index < -0.39 is 0 Å². The lowest BCUT2D eigenvalue weighted by Crippen LogP contribution is -2.48. The minimum absolute atomic E-state index is 0.727. The minimum atomic E-state index is 0.727. The number of piperidine rings is 1. The van der Waals surface area contributed by atoms with Crippen molar-refractivity contribution < 1.29 is 0 Å². The van der Waals surface area contributed by atoms with Gasteiger partial charge in [-0.1, -0.05) is 13.3 Å². The van der Waals surface area contributed by atoms with Gasteiger partial charge in [-0.15, -0.1) is 0 Å². The van der Waals surface area contributed by atoms with Crippen LogP contribution >= 0.6 is 0 Å². The van der Waals surface area contributed by atoms with Crippen LogP contribution in [-0.4, -0.2) is 23.0 Å². The fourth-order valence-electron chi connectivity index (χ4n) is 2.65. The lowest BCUT2D eigenvalue weighted by Gasteiger charge is -2.43. The number of hydrogen-bond acceptors (Lipinski definition) is 1. The summed E-state index contributed by atoms with van der Waals surface area (Å²) in [6.45, 7) is 9.34. The molecule has 0 aromatic rings. The molecule has 0 bridgehead atoms. The third-order valence-electron chi connectivity index (χ3n) is 3.16. The zero-order valence-electron chi connectivity index (χ0n) is 9.01. The second-order valence-corrected chi connectivity index (χ2v) is 4.38. The third-order valence-corrected chi connectivity index (χ3v) is 3.16. The first-order chi connectivity index (χ1) is 5.66. The van der Waals surface area contributed by atoms with Crippen molar-refractivity contribution >= 4 is 0 Å². The van der Waals surface area contributed by atoms with Crippen molar-refractivity contribution in [1.29, 1.82) is 0 Å². The first-order valence-electron chi connectivity index (χ1n) is 5.44. The minimum Gasteiger partial charge on any atom is -0.295 e. The average molecular weight is 169 g/mol. The van der Waals surface area contributed by atoms with Crippen LogP contribution in [0.1, 0.15) is 53.4 Å². The van der Waals surface area contributed by atoms with Crippen molar-refractivity contribution in [2.45, 2.75) is 71.5 Å². The van der Waals surface area contributed by atoms with Gasteiger partial charge in [0, 0.05) is 18.1 Å². The maximum Gasteiger partial charge on any atom is 0.00981 e. The van der Waals surface area contributed by atoms with Gasteiger partial charge >= 0.3 is 0 Å². The van der Waals surface area contributed by atoms with E-state index in [1.807, 2.05) is 0 Å². The Bertz CT molecular complexity index is 131. The molecule has 1 fully saturated rings. The van der Waals surface area contributed by atoms with Gasteiger partial charge in [0.05, 0.1) is 0 Å². The van der Waals surface area contributed by atoms with Gasteiger partial charge in [-0.2, -0.15) is 0 Å². The van der Waals surface area contributed by atoms with E-state index in [1.54, 1.807) is 0 Å². The highest BCUT2D eigenvalue weighted by molar-refractivity contribution is 4.83. The Kier molecular flexibility index (Phi) is 3.57. The Labute approximate surface area is 77.1 Å². The molecule has 12 heavy (non-hydrogen) atoms. The van der Waals surface area contributed by atoms with Crippen LogP contribution in [0.2, 0.25) is 0 Å². The van der Waals surface area contributed by atoms with Crippen molar-refractivity contribution in [3.8, 4) is 0 Å². The van der Waals surface area contributed by atoms with Crippen molar-refractivity contribution in [3.05, 3.63) is 0 Å². The zero-order valence-corrected chi connectivity index (χ0v) is 9.01. The van der Waals surface area contributed by atoms with Crippen LogP contribution < -0.4 is 0 Å². The highest BCUT2D eigenvalue weighted by atomic mass is 15.2. The number of hydrogen-bond donors (Lipinski definition) is 0. The van der Waals surface area contributed by atoms with Gasteiger partial charge < -0.3 is 0 Å². The summed E-state index contributed by atoms with van der Waals surface area (Å²) in [4.78, 5) is 2.70. The monoisotopic (exact) mass is 169 g/mol. The molecule has 1 heteroatoms. The molecule has 0 radical (unpaired) electrons. The van der Waals surface area contributed by atoms with Crippen molar-refractivity contribution in [2.24, 2.45) is 0 Å². The van der Waals surface area contributed by atoms with Crippen LogP contribution in [0.25, 0.3) is 0 Å². The summed E-state index contributed by atoms with van der Waals surface area (Å²) < 4.78 is 0. The van der Waals surface area contributed by atoms with Gasteiger partial charge in [-0.3, -0.25) is 4.90 Å². The van der Waals surface area contributed by atoms with E-state index in [4.69, 9.17) is 0 Å². The molecule has 0 aromatic heterocycles. The van der Waals surface area contributed by atoms with Gasteiger partial charge in [0.1, 0.15) is 0 Å². The van der Waals surface area contributed by atoms with Gasteiger partial charge in [0.25, 0.3) is 0 Å². The molecule has 1 rings (SSSR count). The molecule has 0 aromatic carbocycles. The molecule has 1 heterocycles. The van der Waals surface area contributed by atoms with Gasteiger partial charge in [0.15, 0.2) is 0 Å². The van der Waals surface area contributed by atoms with Crippen LogP contribution in [0, 0.1) is 0 Å². The second kappa shape index (κ2) is 4.27. The van der Waals surface area contributed by atoms with Gasteiger partial charge in [-0.05, 0) is 40.0 Å². The van der Waals surface area contributed by atoms with Gasteiger partial charge in [0.2, 0.25) is 0 Å². The Morgan fingerprint density at radius 1 is 1.33 bits per heavy atom. The molecule has 0 saturated carbocycles. The Balaban J connectivity index is 2.59. The third kappa shape index (κ3) is 2.01. The topological polar surface area (TPSA) is 3.24 Å². The molecular weight excluding hydrogens is 146 g/mol. The molecule has 0 N–H and O–H groups in total. The molecular formula is C11H23N. The van der Waals surface area contributed by atoms with Crippen molar-refractivity contribution in [3.63, 3.8) is 0 Å². The molecule has 0 amide bonds. The molecule has 1 aliphatic rings. The van der Waals surface area contributed by atoms with E-state index >= 15 is 0 Å². The Morgan fingerprint density at radius 3 is 2.42 bits per heavy atom. The Morgan fingerprint density at radius 2 is 2.00 bits per heavy atom. The average Bonchev–Trinajstić information content (AvgIpc) is 2.03. The summed E-state index contributed by atoms with van der Waals surface area (Å²) in [6, 6.07) is 2.39. The summed E-state index contributed by atoms with van der Waals surface area (Å²) in [5.74, 6) is 0. The van der Waals surface area contributed by atoms with E-state index in [1.165, 1.54) is 25.7 Å². The van der Waals surface area contributed by atoms with E-state index in [9.17, 15) is 0 Å². The molecule has 0 aliphatic carbocycles. The smallest absolute Gasteiger partial charge is 0.00981 e. The summed E-state index contributed by atoms with van der Waals surface area (Å²) in [5.41, 5.74) is 0. The Hall–Kier alpha value is -0.0400. The molecule has 2 unspecified atom stereocenters. The quantitative estimate of drug-likeness (QED) is 0.614. The first-order valence-corrected chi connectivity index (χ1v) is 5.44. The predicted molar refractivity (Wildman–Crippen MR) is 54.4 cm³/mol. The molecule has 2 atom stereocenters. The SMILES string of the molecule is CCC1CCCC(C)N1C(C)C. The summed E-state index contributed by atoms with van der Waals surface area (Å²) in [7, 11) is 0. The van der Waals surface area contributed by atoms with Crippen LogP contribution in [0.4, 0.5) is 0 Å². The lowest BCUT2D eigenvalue weighted by atomic mass is 9.93. The summed E-state index contributed by atoms with van der Waals surface area (Å²) in [6.07, 6.45) is 5.57. The number of likely N-dealkylation sites (tertiary alicyclic amines) is 1. The molecule has 1 saturated heterocycles. The standard InChI is InChI=1S/C11H23N/c1-5-11-8-6-7-10(4)12(11)9(2)3/h9-11H,5-8H2,1-4H3. The molecule has 1 nitrogen and oxygen atoms in total.